The van der Waals surface area contributed by atoms with Crippen LogP contribution in [0.1, 0.15) is 18.2 Å². The van der Waals surface area contributed by atoms with Gasteiger partial charge in [-0.15, -0.1) is 0 Å². The van der Waals surface area contributed by atoms with Gasteiger partial charge in [0.25, 0.3) is 0 Å². The van der Waals surface area contributed by atoms with Gasteiger partial charge in [-0.1, -0.05) is 18.2 Å². The molecule has 138 valence electrons. The van der Waals surface area contributed by atoms with Gasteiger partial charge in [-0.3, -0.25) is 0 Å². The number of para-hydroxylation sites is 1. The second-order valence-electron chi connectivity index (χ2n) is 6.80. The molecule has 2 aromatic heterocycles. The number of nitrogens with zero attached hydrogens (tertiary/aromatic N) is 3. The van der Waals surface area contributed by atoms with Gasteiger partial charge in [0.1, 0.15) is 11.4 Å². The Morgan fingerprint density at radius 3 is 2.67 bits per heavy atom. The van der Waals surface area contributed by atoms with Crippen LogP contribution in [-0.4, -0.2) is 35.5 Å². The fourth-order valence-electron chi connectivity index (χ4n) is 3.38. The summed E-state index contributed by atoms with van der Waals surface area (Å²) < 4.78 is 19.8. The highest BCUT2D eigenvalue weighted by atomic mass is 19.1. The van der Waals surface area contributed by atoms with E-state index in [0.29, 0.717) is 23.6 Å². The van der Waals surface area contributed by atoms with Crippen molar-refractivity contribution in [3.63, 3.8) is 0 Å². The molecule has 0 spiro atoms. The molecule has 0 aliphatic carbocycles. The Morgan fingerprint density at radius 2 is 1.93 bits per heavy atom. The smallest absolute Gasteiger partial charge is 0.196 e. The van der Waals surface area contributed by atoms with Crippen molar-refractivity contribution in [3.8, 4) is 11.6 Å². The lowest BCUT2D eigenvalue weighted by molar-refractivity contribution is 0.283. The summed E-state index contributed by atoms with van der Waals surface area (Å²) in [5.74, 6) is 0.681. The Balaban J connectivity index is 1.95. The predicted molar refractivity (Wildman–Crippen MR) is 105 cm³/mol. The third-order valence-electron chi connectivity index (χ3n) is 4.71. The molecule has 0 aliphatic rings. The molecule has 4 aromatic rings. The molecule has 0 saturated carbocycles. The first kappa shape index (κ1) is 17.6. The van der Waals surface area contributed by atoms with Crippen molar-refractivity contribution in [1.82, 2.24) is 14.9 Å². The molecule has 1 unspecified atom stereocenters. The molecule has 0 bridgehead atoms. The number of fused-ring (bicyclic) bond motifs is 2. The van der Waals surface area contributed by atoms with Crippen LogP contribution in [0, 0.1) is 5.82 Å². The highest BCUT2D eigenvalue weighted by molar-refractivity contribution is 5.85. The normalized spacial score (nSPS) is 12.9. The molecule has 2 aromatic carbocycles. The SMILES string of the molecule is CN(C)C(CCN)c1nc(-c2cc3ccccc3o2)nc2cc(F)ccc12. The van der Waals surface area contributed by atoms with Gasteiger partial charge in [-0.05, 0) is 51.3 Å². The van der Waals surface area contributed by atoms with Crippen molar-refractivity contribution in [2.24, 2.45) is 5.73 Å². The largest absolute Gasteiger partial charge is 0.453 e. The third kappa shape index (κ3) is 3.29. The van der Waals surface area contributed by atoms with Crippen molar-refractivity contribution in [2.75, 3.05) is 20.6 Å². The minimum Gasteiger partial charge on any atom is -0.453 e. The number of hydrogen-bond acceptors (Lipinski definition) is 5. The van der Waals surface area contributed by atoms with Gasteiger partial charge in [0.05, 0.1) is 17.3 Å². The maximum absolute atomic E-state index is 13.9. The maximum atomic E-state index is 13.9. The van der Waals surface area contributed by atoms with E-state index in [1.54, 1.807) is 6.07 Å². The van der Waals surface area contributed by atoms with E-state index in [0.717, 1.165) is 28.5 Å². The summed E-state index contributed by atoms with van der Waals surface area (Å²) in [5.41, 5.74) is 7.97. The van der Waals surface area contributed by atoms with E-state index in [9.17, 15) is 4.39 Å². The van der Waals surface area contributed by atoms with E-state index in [1.807, 2.05) is 44.4 Å². The number of hydrogen-bond donors (Lipinski definition) is 1. The summed E-state index contributed by atoms with van der Waals surface area (Å²) in [4.78, 5) is 11.5. The fourth-order valence-corrected chi connectivity index (χ4v) is 3.38. The van der Waals surface area contributed by atoms with E-state index in [4.69, 9.17) is 15.1 Å². The predicted octanol–water partition coefficient (Wildman–Crippen LogP) is 4.13. The van der Waals surface area contributed by atoms with Crippen molar-refractivity contribution in [2.45, 2.75) is 12.5 Å². The molecule has 2 N–H and O–H groups in total. The van der Waals surface area contributed by atoms with E-state index in [2.05, 4.69) is 9.88 Å². The highest BCUT2D eigenvalue weighted by Gasteiger charge is 2.21. The molecule has 1 atom stereocenters. The molecule has 0 radical (unpaired) electrons. The summed E-state index contributed by atoms with van der Waals surface area (Å²) >= 11 is 0. The number of halogens is 1. The standard InChI is InChI=1S/C21H21FN4O/c1-26(2)17(9-10-23)20-15-8-7-14(22)12-16(15)24-21(25-20)19-11-13-5-3-4-6-18(13)27-19/h3-8,11-12,17H,9-10,23H2,1-2H3. The second-order valence-corrected chi connectivity index (χ2v) is 6.80. The number of aromatic nitrogens is 2. The van der Waals surface area contributed by atoms with Crippen LogP contribution in [0.15, 0.2) is 52.9 Å². The molecular formula is C21H21FN4O. The first-order chi connectivity index (χ1) is 13.1. The maximum Gasteiger partial charge on any atom is 0.196 e. The van der Waals surface area contributed by atoms with E-state index < -0.39 is 0 Å². The van der Waals surface area contributed by atoms with Gasteiger partial charge in [0.2, 0.25) is 0 Å². The zero-order valence-corrected chi connectivity index (χ0v) is 15.3. The monoisotopic (exact) mass is 364 g/mol. The zero-order chi connectivity index (χ0) is 19.0. The summed E-state index contributed by atoms with van der Waals surface area (Å²) in [7, 11) is 3.97. The average Bonchev–Trinajstić information content (AvgIpc) is 3.09. The first-order valence-electron chi connectivity index (χ1n) is 8.89. The fraction of sp³-hybridized carbons (Fsp3) is 0.238. The molecule has 2 heterocycles. The summed E-state index contributed by atoms with van der Waals surface area (Å²) in [5, 5.41) is 1.80. The van der Waals surface area contributed by atoms with Crippen molar-refractivity contribution in [3.05, 3.63) is 60.0 Å². The van der Waals surface area contributed by atoms with E-state index >= 15 is 0 Å². The van der Waals surface area contributed by atoms with Crippen molar-refractivity contribution >= 4 is 21.9 Å². The number of benzene rings is 2. The Bertz CT molecular complexity index is 1070. The number of furan rings is 1. The lowest BCUT2D eigenvalue weighted by Crippen LogP contribution is -2.24. The van der Waals surface area contributed by atoms with E-state index in [1.165, 1.54) is 12.1 Å². The molecule has 4 rings (SSSR count). The lowest BCUT2D eigenvalue weighted by atomic mass is 10.0. The van der Waals surface area contributed by atoms with Gasteiger partial charge in [-0.25, -0.2) is 14.4 Å². The Kier molecular flexibility index (Phi) is 4.59. The van der Waals surface area contributed by atoms with Gasteiger partial charge < -0.3 is 15.1 Å². The minimum absolute atomic E-state index is 0.00547. The van der Waals surface area contributed by atoms with Crippen LogP contribution in [0.3, 0.4) is 0 Å². The van der Waals surface area contributed by atoms with Crippen LogP contribution >= 0.6 is 0 Å². The Hall–Kier alpha value is -2.83. The molecule has 5 nitrogen and oxygen atoms in total. The van der Waals surface area contributed by atoms with Crippen molar-refractivity contribution in [1.29, 1.82) is 0 Å². The summed E-state index contributed by atoms with van der Waals surface area (Å²) in [6.45, 7) is 0.523. The molecule has 27 heavy (non-hydrogen) atoms. The number of nitrogens with two attached hydrogens (primary N) is 1. The number of rotatable bonds is 5. The van der Waals surface area contributed by atoms with Crippen LogP contribution < -0.4 is 5.73 Å². The van der Waals surface area contributed by atoms with E-state index in [-0.39, 0.29) is 11.9 Å². The summed E-state index contributed by atoms with van der Waals surface area (Å²) in [6, 6.07) is 14.2. The highest BCUT2D eigenvalue weighted by Crippen LogP contribution is 2.32. The molecule has 0 saturated heterocycles. The van der Waals surface area contributed by atoms with Gasteiger partial charge in [0.15, 0.2) is 11.6 Å². The second kappa shape index (κ2) is 7.06. The molecule has 6 heteroatoms. The third-order valence-corrected chi connectivity index (χ3v) is 4.71. The molecular weight excluding hydrogens is 343 g/mol. The summed E-state index contributed by atoms with van der Waals surface area (Å²) in [6.07, 6.45) is 0.732. The van der Waals surface area contributed by atoms with Crippen molar-refractivity contribution < 1.29 is 8.81 Å². The lowest BCUT2D eigenvalue weighted by Gasteiger charge is -2.24. The molecule has 0 amide bonds. The first-order valence-corrected chi connectivity index (χ1v) is 8.89. The molecule has 0 fully saturated rings. The Labute approximate surface area is 156 Å². The molecule has 0 aliphatic heterocycles. The van der Waals surface area contributed by atoms with Crippen LogP contribution in [0.5, 0.6) is 0 Å². The topological polar surface area (TPSA) is 68.2 Å². The van der Waals surface area contributed by atoms with Crippen LogP contribution in [0.4, 0.5) is 4.39 Å². The Morgan fingerprint density at radius 1 is 1.11 bits per heavy atom. The average molecular weight is 364 g/mol. The zero-order valence-electron chi connectivity index (χ0n) is 15.3. The van der Waals surface area contributed by atoms with Gasteiger partial charge >= 0.3 is 0 Å². The van der Waals surface area contributed by atoms with Gasteiger partial charge in [0, 0.05) is 16.8 Å². The minimum atomic E-state index is -0.331. The quantitative estimate of drug-likeness (QED) is 0.577. The van der Waals surface area contributed by atoms with Crippen LogP contribution in [-0.2, 0) is 0 Å². The van der Waals surface area contributed by atoms with Gasteiger partial charge in [-0.2, -0.15) is 0 Å². The van der Waals surface area contributed by atoms with Crippen LogP contribution in [0.25, 0.3) is 33.5 Å². The van der Waals surface area contributed by atoms with Crippen LogP contribution in [0.2, 0.25) is 0 Å².